The minimum absolute atomic E-state index is 0.594. The molecule has 1 nitrogen and oxygen atoms in total. The molecule has 0 aliphatic heterocycles. The zero-order chi connectivity index (χ0) is 13.9. The van der Waals surface area contributed by atoms with Crippen LogP contribution in [0.3, 0.4) is 0 Å². The van der Waals surface area contributed by atoms with E-state index in [1.165, 1.54) is 37.7 Å². The second-order valence-corrected chi connectivity index (χ2v) is 5.25. The molecule has 106 valence electrons. The molecule has 1 aromatic rings. The topological polar surface area (TPSA) is 12.0 Å². The smallest absolute Gasteiger partial charge is 0.0133 e. The van der Waals surface area contributed by atoms with Crippen LogP contribution >= 0.6 is 0 Å². The molecule has 1 N–H and O–H groups in total. The van der Waals surface area contributed by atoms with Gasteiger partial charge >= 0.3 is 0 Å². The average Bonchev–Trinajstić information content (AvgIpc) is 2.47. The maximum atomic E-state index is 3.78. The van der Waals surface area contributed by atoms with Gasteiger partial charge in [0.1, 0.15) is 0 Å². The lowest BCUT2D eigenvalue weighted by Gasteiger charge is -2.26. The second kappa shape index (κ2) is 9.80. The zero-order valence-electron chi connectivity index (χ0n) is 12.6. The van der Waals surface area contributed by atoms with Crippen LogP contribution in [0.1, 0.15) is 56.9 Å². The van der Waals surface area contributed by atoms with Gasteiger partial charge < -0.3 is 5.32 Å². The van der Waals surface area contributed by atoms with Crippen LogP contribution in [-0.2, 0) is 0 Å². The van der Waals surface area contributed by atoms with Gasteiger partial charge in [0.05, 0.1) is 0 Å². The van der Waals surface area contributed by atoms with Crippen LogP contribution in [0.4, 0.5) is 0 Å². The largest absolute Gasteiger partial charge is 0.316 e. The maximum Gasteiger partial charge on any atom is 0.0133 e. The number of benzene rings is 1. The minimum Gasteiger partial charge on any atom is -0.316 e. The highest BCUT2D eigenvalue weighted by molar-refractivity contribution is 5.21. The molecule has 0 aromatic heterocycles. The number of unbranched alkanes of at least 4 members (excludes halogenated alkanes) is 3. The normalized spacial score (nSPS) is 14.0. The highest BCUT2D eigenvalue weighted by Gasteiger charge is 2.19. The Hall–Kier alpha value is -1.08. The number of hydrogen-bond donors (Lipinski definition) is 1. The Bertz CT molecular complexity index is 331. The fourth-order valence-electron chi connectivity index (χ4n) is 2.83. The Morgan fingerprint density at radius 2 is 1.89 bits per heavy atom. The summed E-state index contributed by atoms with van der Waals surface area (Å²) in [6.45, 7) is 6.07. The minimum atomic E-state index is 0.594. The van der Waals surface area contributed by atoms with Crippen molar-refractivity contribution in [3.8, 4) is 0 Å². The summed E-state index contributed by atoms with van der Waals surface area (Å²) >= 11 is 0. The van der Waals surface area contributed by atoms with Gasteiger partial charge in [0.15, 0.2) is 0 Å². The molecule has 2 unspecified atom stereocenters. The molecule has 0 bridgehead atoms. The molecule has 0 heterocycles. The summed E-state index contributed by atoms with van der Waals surface area (Å²) in [5, 5.41) is 3.52. The molecular formula is C18H29N. The van der Waals surface area contributed by atoms with Gasteiger partial charge in [-0.05, 0) is 44.2 Å². The van der Waals surface area contributed by atoms with E-state index < -0.39 is 0 Å². The summed E-state index contributed by atoms with van der Waals surface area (Å²) in [4.78, 5) is 0. The lowest BCUT2D eigenvalue weighted by molar-refractivity contribution is 0.409. The molecule has 2 atom stereocenters. The number of likely N-dealkylation sites (N-methyl/N-ethyl adjacent to an activating group) is 1. The Kier molecular flexibility index (Phi) is 8.24. The number of hydrogen-bond acceptors (Lipinski definition) is 1. The molecule has 0 aliphatic rings. The van der Waals surface area contributed by atoms with Crippen LogP contribution in [0, 0.1) is 0 Å². The fraction of sp³-hybridized carbons (Fsp3) is 0.556. The van der Waals surface area contributed by atoms with E-state index in [0.717, 1.165) is 6.42 Å². The molecule has 0 amide bonds. The first-order valence-corrected chi connectivity index (χ1v) is 7.66. The predicted molar refractivity (Wildman–Crippen MR) is 85.6 cm³/mol. The monoisotopic (exact) mass is 259 g/mol. The third-order valence-corrected chi connectivity index (χ3v) is 3.95. The highest BCUT2D eigenvalue weighted by atomic mass is 14.9. The van der Waals surface area contributed by atoms with Gasteiger partial charge in [0, 0.05) is 6.04 Å². The lowest BCUT2D eigenvalue weighted by atomic mass is 9.86. The Morgan fingerprint density at radius 3 is 2.47 bits per heavy atom. The summed E-state index contributed by atoms with van der Waals surface area (Å²) < 4.78 is 0. The first-order valence-electron chi connectivity index (χ1n) is 7.66. The van der Waals surface area contributed by atoms with Gasteiger partial charge in [-0.25, -0.2) is 0 Å². The van der Waals surface area contributed by atoms with Crippen molar-refractivity contribution in [2.75, 3.05) is 7.05 Å². The molecule has 1 aromatic carbocycles. The van der Waals surface area contributed by atoms with Crippen molar-refractivity contribution in [1.29, 1.82) is 0 Å². The van der Waals surface area contributed by atoms with E-state index in [1.807, 2.05) is 6.08 Å². The summed E-state index contributed by atoms with van der Waals surface area (Å²) in [5.74, 6) is 0.630. The van der Waals surface area contributed by atoms with E-state index in [2.05, 4.69) is 56.2 Å². The first-order chi connectivity index (χ1) is 9.33. The van der Waals surface area contributed by atoms with Crippen LogP contribution in [0.2, 0.25) is 0 Å². The van der Waals surface area contributed by atoms with E-state index >= 15 is 0 Å². The zero-order valence-corrected chi connectivity index (χ0v) is 12.6. The van der Waals surface area contributed by atoms with E-state index in [-0.39, 0.29) is 0 Å². The molecule has 0 saturated carbocycles. The van der Waals surface area contributed by atoms with Crippen molar-refractivity contribution in [2.24, 2.45) is 0 Å². The molecular weight excluding hydrogens is 230 g/mol. The fourth-order valence-corrected chi connectivity index (χ4v) is 2.83. The van der Waals surface area contributed by atoms with Crippen LogP contribution in [0.5, 0.6) is 0 Å². The number of allylic oxidation sites excluding steroid dienone is 1. The molecule has 1 rings (SSSR count). The van der Waals surface area contributed by atoms with Crippen LogP contribution in [0.15, 0.2) is 43.0 Å². The van der Waals surface area contributed by atoms with Crippen molar-refractivity contribution in [3.63, 3.8) is 0 Å². The van der Waals surface area contributed by atoms with Crippen molar-refractivity contribution in [3.05, 3.63) is 48.6 Å². The van der Waals surface area contributed by atoms with Crippen LogP contribution < -0.4 is 5.32 Å². The van der Waals surface area contributed by atoms with Crippen molar-refractivity contribution in [2.45, 2.75) is 57.4 Å². The molecule has 0 radical (unpaired) electrons. The van der Waals surface area contributed by atoms with Gasteiger partial charge in [0.25, 0.3) is 0 Å². The Balaban J connectivity index is 2.49. The predicted octanol–water partition coefficient (Wildman–Crippen LogP) is 4.90. The van der Waals surface area contributed by atoms with Gasteiger partial charge in [-0.2, -0.15) is 0 Å². The number of nitrogens with one attached hydrogen (secondary N) is 1. The van der Waals surface area contributed by atoms with E-state index in [9.17, 15) is 0 Å². The molecule has 19 heavy (non-hydrogen) atoms. The SMILES string of the molecule is C=CCCCCCC(NC)C(CC)c1ccccc1. The van der Waals surface area contributed by atoms with E-state index in [1.54, 1.807) is 0 Å². The third-order valence-electron chi connectivity index (χ3n) is 3.95. The third kappa shape index (κ3) is 5.61. The molecule has 0 aliphatic carbocycles. The van der Waals surface area contributed by atoms with Gasteiger partial charge in [-0.15, -0.1) is 6.58 Å². The van der Waals surface area contributed by atoms with Gasteiger partial charge in [0.2, 0.25) is 0 Å². The molecule has 0 saturated heterocycles. The molecule has 1 heteroatoms. The van der Waals surface area contributed by atoms with Gasteiger partial charge in [-0.3, -0.25) is 0 Å². The lowest BCUT2D eigenvalue weighted by Crippen LogP contribution is -2.31. The highest BCUT2D eigenvalue weighted by Crippen LogP contribution is 2.26. The first kappa shape index (κ1) is 16.0. The quantitative estimate of drug-likeness (QED) is 0.465. The summed E-state index contributed by atoms with van der Waals surface area (Å²) in [7, 11) is 2.10. The van der Waals surface area contributed by atoms with Crippen molar-refractivity contribution < 1.29 is 0 Å². The maximum absolute atomic E-state index is 3.78. The van der Waals surface area contributed by atoms with Crippen molar-refractivity contribution in [1.82, 2.24) is 5.32 Å². The number of rotatable bonds is 10. The summed E-state index contributed by atoms with van der Waals surface area (Å²) in [6, 6.07) is 11.5. The van der Waals surface area contributed by atoms with Crippen molar-refractivity contribution >= 4 is 0 Å². The molecule has 0 fully saturated rings. The Labute approximate surface area is 119 Å². The second-order valence-electron chi connectivity index (χ2n) is 5.25. The van der Waals surface area contributed by atoms with Gasteiger partial charge in [-0.1, -0.05) is 56.2 Å². The Morgan fingerprint density at radius 1 is 1.16 bits per heavy atom. The summed E-state index contributed by atoms with van der Waals surface area (Å²) in [5.41, 5.74) is 1.47. The van der Waals surface area contributed by atoms with Crippen LogP contribution in [-0.4, -0.2) is 13.1 Å². The average molecular weight is 259 g/mol. The van der Waals surface area contributed by atoms with Crippen LogP contribution in [0.25, 0.3) is 0 Å². The standard InChI is InChI=1S/C18H29N/c1-4-6-7-8-12-15-18(19-3)17(5-2)16-13-10-9-11-14-16/h4,9-11,13-14,17-19H,1,5-8,12,15H2,2-3H3. The van der Waals surface area contributed by atoms with E-state index in [4.69, 9.17) is 0 Å². The van der Waals surface area contributed by atoms with E-state index in [0.29, 0.717) is 12.0 Å². The molecule has 0 spiro atoms. The summed E-state index contributed by atoms with van der Waals surface area (Å²) in [6.07, 6.45) is 9.54.